The molecule has 0 aromatic heterocycles. The molecule has 1 aliphatic heterocycles. The van der Waals surface area contributed by atoms with Crippen LogP contribution in [0.25, 0.3) is 0 Å². The van der Waals surface area contributed by atoms with Crippen molar-refractivity contribution in [3.8, 4) is 5.75 Å². The van der Waals surface area contributed by atoms with Gasteiger partial charge in [-0.15, -0.1) is 0 Å². The molecule has 1 heterocycles. The molecule has 5 rings (SSSR count). The number of amides is 2. The van der Waals surface area contributed by atoms with Crippen LogP contribution in [0.1, 0.15) is 41.5 Å². The molecule has 4 aromatic rings. The molecule has 52 heavy (non-hydrogen) atoms. The highest BCUT2D eigenvalue weighted by Gasteiger charge is 2.27. The van der Waals surface area contributed by atoms with E-state index >= 15 is 0 Å². The van der Waals surface area contributed by atoms with E-state index in [1.54, 1.807) is 0 Å². The molecule has 272 valence electrons. The Hall–Kier alpha value is -5.25. The van der Waals surface area contributed by atoms with Crippen LogP contribution >= 0.6 is 0 Å². The predicted molar refractivity (Wildman–Crippen MR) is 199 cm³/mol. The summed E-state index contributed by atoms with van der Waals surface area (Å²) >= 11 is 0. The van der Waals surface area contributed by atoms with Crippen LogP contribution < -0.4 is 15.4 Å². The van der Waals surface area contributed by atoms with Crippen molar-refractivity contribution in [3.05, 3.63) is 150 Å². The van der Waals surface area contributed by atoms with Crippen LogP contribution in [-0.4, -0.2) is 54.8 Å². The minimum absolute atomic E-state index is 0.0596. The molecule has 4 atom stereocenters. The lowest BCUT2D eigenvalue weighted by molar-refractivity contribution is -0.150. The zero-order valence-electron chi connectivity index (χ0n) is 29.4. The van der Waals surface area contributed by atoms with Crippen molar-refractivity contribution in [1.82, 2.24) is 10.6 Å². The van der Waals surface area contributed by atoms with Gasteiger partial charge in [-0.2, -0.15) is 0 Å². The SMILES string of the molecule is O=C(C[C@H]1CC=CC[C@H](Cc2ccccc2)C(=O)OC[C@H](COCc2ccccc2)NC1=O)N[C@H](CO)Cc1ccc(OCc2ccccc2)cc1. The number of hydrogen-bond acceptors (Lipinski definition) is 7. The van der Waals surface area contributed by atoms with Crippen LogP contribution in [-0.2, 0) is 49.9 Å². The number of aliphatic hydroxyl groups is 1. The highest BCUT2D eigenvalue weighted by atomic mass is 16.5. The number of hydrogen-bond donors (Lipinski definition) is 3. The minimum Gasteiger partial charge on any atom is -0.489 e. The first-order valence-electron chi connectivity index (χ1n) is 17.9. The van der Waals surface area contributed by atoms with Crippen LogP contribution in [0.2, 0.25) is 0 Å². The van der Waals surface area contributed by atoms with Gasteiger partial charge in [-0.05, 0) is 60.1 Å². The molecule has 0 unspecified atom stereocenters. The fraction of sp³-hybridized carbons (Fsp3) is 0.326. The molecule has 0 saturated carbocycles. The highest BCUT2D eigenvalue weighted by Crippen LogP contribution is 2.19. The largest absolute Gasteiger partial charge is 0.489 e. The van der Waals surface area contributed by atoms with Gasteiger partial charge in [-0.1, -0.05) is 115 Å². The van der Waals surface area contributed by atoms with Crippen LogP contribution in [0.4, 0.5) is 0 Å². The van der Waals surface area contributed by atoms with Crippen LogP contribution in [0.15, 0.2) is 127 Å². The van der Waals surface area contributed by atoms with Gasteiger partial charge in [0, 0.05) is 6.42 Å². The molecule has 0 saturated heterocycles. The number of esters is 1. The number of carbonyl (C=O) groups is 3. The lowest BCUT2D eigenvalue weighted by atomic mass is 9.94. The molecule has 1 aliphatic rings. The van der Waals surface area contributed by atoms with Gasteiger partial charge in [0.2, 0.25) is 11.8 Å². The Kier molecular flexibility index (Phi) is 15.0. The van der Waals surface area contributed by atoms with E-state index in [0.717, 1.165) is 28.0 Å². The van der Waals surface area contributed by atoms with Gasteiger partial charge in [0.05, 0.1) is 43.7 Å². The molecule has 0 radical (unpaired) electrons. The summed E-state index contributed by atoms with van der Waals surface area (Å²) in [7, 11) is 0. The topological polar surface area (TPSA) is 123 Å². The summed E-state index contributed by atoms with van der Waals surface area (Å²) in [5.41, 5.74) is 4.01. The molecule has 4 aromatic carbocycles. The molecule has 0 spiro atoms. The van der Waals surface area contributed by atoms with Crippen molar-refractivity contribution in [1.29, 1.82) is 0 Å². The monoisotopic (exact) mass is 704 g/mol. The number of aliphatic hydroxyl groups excluding tert-OH is 1. The van der Waals surface area contributed by atoms with Crippen LogP contribution in [0.5, 0.6) is 5.75 Å². The fourth-order valence-electron chi connectivity index (χ4n) is 6.03. The van der Waals surface area contributed by atoms with E-state index in [2.05, 4.69) is 10.6 Å². The summed E-state index contributed by atoms with van der Waals surface area (Å²) in [5, 5.41) is 16.0. The molecule has 9 heteroatoms. The minimum atomic E-state index is -0.684. The maximum absolute atomic E-state index is 13.6. The van der Waals surface area contributed by atoms with Crippen molar-refractivity contribution in [2.24, 2.45) is 11.8 Å². The van der Waals surface area contributed by atoms with Gasteiger partial charge in [0.15, 0.2) is 0 Å². The predicted octanol–water partition coefficient (Wildman–Crippen LogP) is 5.75. The smallest absolute Gasteiger partial charge is 0.309 e. The summed E-state index contributed by atoms with van der Waals surface area (Å²) in [4.78, 5) is 40.2. The molecule has 0 aliphatic carbocycles. The Bertz CT molecular complexity index is 1700. The molecule has 0 fully saturated rings. The first-order valence-corrected chi connectivity index (χ1v) is 17.9. The Morgan fingerprint density at radius 2 is 1.37 bits per heavy atom. The number of carbonyl (C=O) groups excluding carboxylic acids is 3. The lowest BCUT2D eigenvalue weighted by Crippen LogP contribution is -2.46. The molecule has 3 N–H and O–H groups in total. The zero-order chi connectivity index (χ0) is 36.4. The number of ether oxygens (including phenoxy) is 3. The maximum Gasteiger partial charge on any atom is 0.309 e. The van der Waals surface area contributed by atoms with Gasteiger partial charge in [-0.25, -0.2) is 0 Å². The third kappa shape index (κ3) is 12.8. The summed E-state index contributed by atoms with van der Waals surface area (Å²) in [6.07, 6.45) is 5.33. The second kappa shape index (κ2) is 20.6. The van der Waals surface area contributed by atoms with Crippen LogP contribution in [0.3, 0.4) is 0 Å². The lowest BCUT2D eigenvalue weighted by Gasteiger charge is -2.25. The van der Waals surface area contributed by atoms with Gasteiger partial charge in [0.1, 0.15) is 19.0 Å². The Labute approximate surface area is 306 Å². The zero-order valence-corrected chi connectivity index (χ0v) is 29.4. The average Bonchev–Trinajstić information content (AvgIpc) is 3.17. The standard InChI is InChI=1S/C43H48N2O7/c46-27-38(25-33-20-22-40(23-21-33)51-29-35-16-8-3-9-17-35)44-41(47)26-36-18-10-11-19-37(24-32-12-4-1-5-13-32)43(49)52-31-39(45-42(36)48)30-50-28-34-14-6-2-7-15-34/h1-17,20-23,36-39,46H,18-19,24-31H2,(H,44,47)(H,45,48)/t36-,37-,38+,39+/m1/s1. The number of cyclic esters (lactones) is 1. The number of benzene rings is 4. The molecule has 9 nitrogen and oxygen atoms in total. The highest BCUT2D eigenvalue weighted by molar-refractivity contribution is 5.86. The van der Waals surface area contributed by atoms with Crippen molar-refractivity contribution >= 4 is 17.8 Å². The third-order valence-corrected chi connectivity index (χ3v) is 8.91. The van der Waals surface area contributed by atoms with Gasteiger partial charge >= 0.3 is 5.97 Å². The van der Waals surface area contributed by atoms with E-state index in [9.17, 15) is 19.5 Å². The molecule has 0 bridgehead atoms. The number of allylic oxidation sites excluding steroid dienone is 2. The summed E-state index contributed by atoms with van der Waals surface area (Å²) in [6.45, 7) is 0.590. The van der Waals surface area contributed by atoms with E-state index in [4.69, 9.17) is 14.2 Å². The average molecular weight is 705 g/mol. The van der Waals surface area contributed by atoms with Crippen LogP contribution in [0, 0.1) is 11.8 Å². The van der Waals surface area contributed by atoms with E-state index in [1.165, 1.54) is 0 Å². The van der Waals surface area contributed by atoms with Crippen molar-refractivity contribution in [3.63, 3.8) is 0 Å². The fourth-order valence-corrected chi connectivity index (χ4v) is 6.03. The van der Waals surface area contributed by atoms with E-state index in [0.29, 0.717) is 38.9 Å². The van der Waals surface area contributed by atoms with Crippen molar-refractivity contribution in [2.75, 3.05) is 19.8 Å². The summed E-state index contributed by atoms with van der Waals surface area (Å²) in [6, 6.07) is 35.8. The normalized spacial score (nSPS) is 18.6. The second-order valence-corrected chi connectivity index (χ2v) is 13.1. The van der Waals surface area contributed by atoms with Gasteiger partial charge in [0.25, 0.3) is 0 Å². The Morgan fingerprint density at radius 3 is 2.00 bits per heavy atom. The molecular weight excluding hydrogens is 656 g/mol. The van der Waals surface area contributed by atoms with Crippen molar-refractivity contribution in [2.45, 2.75) is 57.4 Å². The maximum atomic E-state index is 13.6. The molecule has 2 amide bonds. The van der Waals surface area contributed by atoms with Gasteiger partial charge in [-0.3, -0.25) is 14.4 Å². The Morgan fingerprint density at radius 1 is 0.769 bits per heavy atom. The molecular formula is C43H48N2O7. The number of nitrogens with one attached hydrogen (secondary N) is 2. The Balaban J connectivity index is 1.20. The van der Waals surface area contributed by atoms with E-state index in [-0.39, 0.29) is 44.0 Å². The third-order valence-electron chi connectivity index (χ3n) is 8.91. The first-order chi connectivity index (χ1) is 25.4. The van der Waals surface area contributed by atoms with Crippen molar-refractivity contribution < 1.29 is 33.7 Å². The van der Waals surface area contributed by atoms with E-state index in [1.807, 2.05) is 127 Å². The quantitative estimate of drug-likeness (QED) is 0.107. The summed E-state index contributed by atoms with van der Waals surface area (Å²) < 4.78 is 17.6. The second-order valence-electron chi connectivity index (χ2n) is 13.1. The summed E-state index contributed by atoms with van der Waals surface area (Å²) in [5.74, 6) is -1.38. The first kappa shape index (κ1) is 38.0. The van der Waals surface area contributed by atoms with Gasteiger partial charge < -0.3 is 30.0 Å². The number of rotatable bonds is 15. The van der Waals surface area contributed by atoms with E-state index < -0.39 is 23.9 Å².